The number of hydrogen-bond donors (Lipinski definition) is 22. The number of guanidine groups is 1. The van der Waals surface area contributed by atoms with Gasteiger partial charge in [0.05, 0.1) is 32.1 Å². The maximum Gasteiger partial charge on any atom is 0.326 e. The van der Waals surface area contributed by atoms with Crippen LogP contribution in [0.3, 0.4) is 0 Å². The van der Waals surface area contributed by atoms with Crippen molar-refractivity contribution in [2.75, 3.05) is 32.1 Å². The van der Waals surface area contributed by atoms with Gasteiger partial charge in [0.15, 0.2) is 5.96 Å². The van der Waals surface area contributed by atoms with E-state index in [4.69, 9.17) is 40.1 Å². The zero-order valence-corrected chi connectivity index (χ0v) is 49.7. The highest BCUT2D eigenvalue weighted by Gasteiger charge is 2.36. The number of fused-ring (bicyclic) bond motifs is 1. The Morgan fingerprint density at radius 1 is 0.511 bits per heavy atom. The predicted molar refractivity (Wildman–Crippen MR) is 324 cm³/mol. The third kappa shape index (κ3) is 25.6. The topological polar surface area (TPSA) is 621 Å². The molecular formula is C54H80N18O17S. The van der Waals surface area contributed by atoms with Gasteiger partial charge in [0.2, 0.25) is 70.9 Å². The van der Waals surface area contributed by atoms with E-state index in [1.165, 1.54) is 24.3 Å². The Bertz CT molecular complexity index is 3040. The van der Waals surface area contributed by atoms with Crippen molar-refractivity contribution in [1.29, 1.82) is 0 Å². The molecule has 0 fully saturated rings. The number of unbranched alkanes of at least 4 members (excludes halogenated alkanes) is 1. The van der Waals surface area contributed by atoms with Crippen molar-refractivity contribution in [3.63, 3.8) is 0 Å². The number of carbonyl (C=O) groups is 13. The lowest BCUT2D eigenvalue weighted by atomic mass is 10.0. The summed E-state index contributed by atoms with van der Waals surface area (Å²) in [6.45, 7) is -2.07. The molecule has 0 aliphatic carbocycles. The molecule has 0 radical (unpaired) electrons. The predicted octanol–water partition coefficient (Wildman–Crippen LogP) is -8.45. The Kier molecular flexibility index (Phi) is 31.4. The van der Waals surface area contributed by atoms with Crippen molar-refractivity contribution in [2.24, 2.45) is 45.1 Å². The van der Waals surface area contributed by atoms with Gasteiger partial charge in [-0.3, -0.25) is 62.5 Å². The quantitative estimate of drug-likeness (QED) is 0.0109. The van der Waals surface area contributed by atoms with Gasteiger partial charge in [0.1, 0.15) is 60.1 Å². The van der Waals surface area contributed by atoms with E-state index in [1.54, 1.807) is 30.5 Å². The summed E-state index contributed by atoms with van der Waals surface area (Å²) in [4.78, 5) is 179. The molecule has 0 spiro atoms. The highest BCUT2D eigenvalue weighted by molar-refractivity contribution is 7.80. The van der Waals surface area contributed by atoms with Crippen LogP contribution in [-0.2, 0) is 75.2 Å². The number of nitrogens with zero attached hydrogens (tertiary/aromatic N) is 1. The summed E-state index contributed by atoms with van der Waals surface area (Å²) in [5.74, 6) is -15.8. The average molecular weight is 1290 g/mol. The van der Waals surface area contributed by atoms with E-state index in [0.29, 0.717) is 35.9 Å². The average Bonchev–Trinajstić information content (AvgIpc) is 4.07. The molecule has 3 aromatic rings. The van der Waals surface area contributed by atoms with Crippen LogP contribution in [0, 0.1) is 0 Å². The van der Waals surface area contributed by atoms with Crippen LogP contribution in [0.5, 0.6) is 5.75 Å². The number of nitrogens with two attached hydrogens (primary N) is 7. The normalized spacial score (nSPS) is 14.3. The number of aliphatic hydroxyl groups excluding tert-OH is 2. The third-order valence-corrected chi connectivity index (χ3v) is 13.8. The number of aromatic hydroxyl groups is 1. The molecule has 0 saturated carbocycles. The van der Waals surface area contributed by atoms with Crippen LogP contribution in [0.4, 0.5) is 0 Å². The maximum absolute atomic E-state index is 14.3. The Labute approximate surface area is 520 Å². The summed E-state index contributed by atoms with van der Waals surface area (Å²) in [5, 5.41) is 61.7. The number of rotatable bonds is 41. The Balaban J connectivity index is 1.88. The number of aromatic nitrogens is 1. The number of para-hydroxylation sites is 1. The molecule has 1 aromatic heterocycles. The van der Waals surface area contributed by atoms with Gasteiger partial charge in [0.25, 0.3) is 0 Å². The second kappa shape index (κ2) is 37.9. The van der Waals surface area contributed by atoms with Crippen LogP contribution in [0.1, 0.15) is 68.9 Å². The van der Waals surface area contributed by atoms with Crippen molar-refractivity contribution >= 4 is 106 Å². The van der Waals surface area contributed by atoms with Gasteiger partial charge in [-0.15, -0.1) is 0 Å². The molecule has 0 bridgehead atoms. The van der Waals surface area contributed by atoms with Crippen molar-refractivity contribution < 1.29 is 82.8 Å². The molecule has 90 heavy (non-hydrogen) atoms. The van der Waals surface area contributed by atoms with Crippen molar-refractivity contribution in [3.05, 3.63) is 65.9 Å². The number of aliphatic imine (C=N–C) groups is 1. The second-order valence-corrected chi connectivity index (χ2v) is 20.9. The third-order valence-electron chi connectivity index (χ3n) is 13.4. The van der Waals surface area contributed by atoms with Gasteiger partial charge in [-0.2, -0.15) is 12.6 Å². The molecule has 3 rings (SSSR count). The molecule has 0 aliphatic heterocycles. The molecule has 12 amide bonds. The van der Waals surface area contributed by atoms with Crippen LogP contribution < -0.4 is 88.0 Å². The lowest BCUT2D eigenvalue weighted by Gasteiger charge is -2.27. The summed E-state index contributed by atoms with van der Waals surface area (Å²) < 4.78 is 0. The highest BCUT2D eigenvalue weighted by Crippen LogP contribution is 2.20. The van der Waals surface area contributed by atoms with Gasteiger partial charge in [-0.1, -0.05) is 36.8 Å². The molecule has 10 atom stereocenters. The molecule has 2 aromatic carbocycles. The number of amides is 12. The minimum Gasteiger partial charge on any atom is -0.508 e. The number of aliphatic hydroxyl groups is 2. The Morgan fingerprint density at radius 3 is 1.48 bits per heavy atom. The summed E-state index contributed by atoms with van der Waals surface area (Å²) in [6.07, 6.45) is -0.831. The zero-order valence-electron chi connectivity index (χ0n) is 48.8. The lowest BCUT2D eigenvalue weighted by molar-refractivity contribution is -0.142. The van der Waals surface area contributed by atoms with E-state index >= 15 is 0 Å². The van der Waals surface area contributed by atoms with Crippen molar-refractivity contribution in [3.8, 4) is 5.75 Å². The van der Waals surface area contributed by atoms with Gasteiger partial charge in [-0.25, -0.2) is 4.79 Å². The zero-order chi connectivity index (χ0) is 67.2. The molecule has 494 valence electrons. The van der Waals surface area contributed by atoms with Crippen LogP contribution in [-0.4, -0.2) is 201 Å². The largest absolute Gasteiger partial charge is 0.508 e. The molecular weight excluding hydrogens is 1200 g/mol. The number of carboxylic acid groups (broad SMARTS) is 1. The van der Waals surface area contributed by atoms with Gasteiger partial charge in [-0.05, 0) is 68.0 Å². The van der Waals surface area contributed by atoms with Crippen LogP contribution in [0.25, 0.3) is 10.9 Å². The number of thiol groups is 1. The van der Waals surface area contributed by atoms with Crippen LogP contribution >= 0.6 is 12.6 Å². The number of hydrogen-bond acceptors (Lipinski definition) is 20. The first-order valence-electron chi connectivity index (χ1n) is 28.1. The molecule has 28 N–H and O–H groups in total. The molecule has 0 unspecified atom stereocenters. The number of benzene rings is 2. The summed E-state index contributed by atoms with van der Waals surface area (Å²) in [7, 11) is 0. The van der Waals surface area contributed by atoms with Crippen molar-refractivity contribution in [2.45, 2.75) is 131 Å². The maximum atomic E-state index is 14.3. The number of aliphatic carboxylic acids is 1. The summed E-state index contributed by atoms with van der Waals surface area (Å²) in [6, 6.07) is -4.85. The SMILES string of the molecule is NCCCC[C@H](N)C(=O)N[C@@H](CC(N)=O)C(=O)N[C@@H](Cc1c[nH]c2ccccc12)C(=O)N[C@@H](CS)C(=O)N[C@@H](CCC(N)=O)C(=O)N[C@@H](CO)C(=O)N[C@@H](Cc1ccc(O)cc1)C(=O)N[C@@H](CO)C(=O)N[C@@H](CC(N)=O)C(=O)N[C@@H](CCCN=C(N)N)C(=O)O. The molecule has 1 heterocycles. The lowest BCUT2D eigenvalue weighted by Crippen LogP contribution is -2.62. The number of H-pyrrole nitrogens is 1. The number of nitrogens with one attached hydrogen (secondary N) is 10. The number of phenols is 1. The van der Waals surface area contributed by atoms with Crippen LogP contribution in [0.15, 0.2) is 59.7 Å². The van der Waals surface area contributed by atoms with E-state index in [-0.39, 0.29) is 49.5 Å². The summed E-state index contributed by atoms with van der Waals surface area (Å²) >= 11 is 4.23. The Hall–Kier alpha value is -9.65. The molecule has 0 aliphatic rings. The smallest absolute Gasteiger partial charge is 0.326 e. The first-order valence-corrected chi connectivity index (χ1v) is 28.7. The standard InChI is InChI=1S/C54H80N18O17S/c55-16-4-3-7-30(56)44(79)66-36(20-42(58)77)49(84)68-35(19-27-22-63-31-8-2-1-6-29(27)31)47(82)72-40(25-90)52(87)64-32(14-15-41(57)76)45(80)70-38(23-73)50(85)67-34(18-26-10-12-28(75)13-11-26)46(81)71-39(24-74)51(86)69-37(21-43(59)78)48(83)65-33(53(88)89)9-5-17-62-54(60)61/h1-2,6,8,10-13,22,30,32-40,63,73-75,90H,3-5,7,9,14-21,23-25,55-56H2,(H2,57,76)(H2,58,77)(H2,59,78)(H,64,87)(H,65,83)(H,66,79)(H,67,85)(H,68,84)(H,69,86)(H,70,80)(H,71,81)(H,72,82)(H,88,89)(H4,60,61,62)/t30-,32-,33-,34-,35-,36-,37-,38-,39-,40-/m0/s1. The van der Waals surface area contributed by atoms with E-state index in [9.17, 15) is 82.8 Å². The highest BCUT2D eigenvalue weighted by atomic mass is 32.1. The Morgan fingerprint density at radius 2 is 0.967 bits per heavy atom. The first kappa shape index (κ1) is 74.6. The number of aromatic amines is 1. The van der Waals surface area contributed by atoms with Gasteiger partial charge < -0.3 is 113 Å². The minimum atomic E-state index is -1.98. The number of phenolic OH excluding ortho intramolecular Hbond substituents is 1. The fraction of sp³-hybridized carbons (Fsp3) is 0.481. The molecule has 0 saturated heterocycles. The fourth-order valence-corrected chi connectivity index (χ4v) is 8.88. The van der Waals surface area contributed by atoms with E-state index in [0.717, 1.165) is 0 Å². The number of primary amides is 3. The molecule has 35 nitrogen and oxygen atoms in total. The number of carboxylic acids is 1. The van der Waals surface area contributed by atoms with Crippen LogP contribution in [0.2, 0.25) is 0 Å². The van der Waals surface area contributed by atoms with E-state index < -0.39 is 188 Å². The minimum absolute atomic E-state index is 0.0153. The van der Waals surface area contributed by atoms with E-state index in [2.05, 4.69) is 70.5 Å². The van der Waals surface area contributed by atoms with E-state index in [1.807, 2.05) is 0 Å². The first-order chi connectivity index (χ1) is 42.6. The second-order valence-electron chi connectivity index (χ2n) is 20.6. The van der Waals surface area contributed by atoms with Gasteiger partial charge in [0, 0.05) is 48.7 Å². The molecule has 36 heteroatoms. The van der Waals surface area contributed by atoms with Crippen molar-refractivity contribution in [1.82, 2.24) is 52.8 Å². The fourth-order valence-electron chi connectivity index (χ4n) is 8.62. The summed E-state index contributed by atoms with van der Waals surface area (Å²) in [5.41, 5.74) is 39.7. The van der Waals surface area contributed by atoms with Gasteiger partial charge >= 0.3 is 5.97 Å². The number of carbonyl (C=O) groups excluding carboxylic acids is 12. The monoisotopic (exact) mass is 1280 g/mol.